The van der Waals surface area contributed by atoms with Gasteiger partial charge in [-0.2, -0.15) is 0 Å². The Morgan fingerprint density at radius 2 is 2.04 bits per heavy atom. The van der Waals surface area contributed by atoms with E-state index in [0.29, 0.717) is 25.9 Å². The van der Waals surface area contributed by atoms with Crippen molar-refractivity contribution in [2.24, 2.45) is 7.05 Å². The molecule has 2 aliphatic rings. The minimum absolute atomic E-state index is 0.0227. The highest BCUT2D eigenvalue weighted by atomic mass is 16.3. The van der Waals surface area contributed by atoms with E-state index in [-0.39, 0.29) is 5.91 Å². The Morgan fingerprint density at radius 3 is 2.81 bits per heavy atom. The van der Waals surface area contributed by atoms with Crippen molar-refractivity contribution in [1.82, 2.24) is 19.7 Å². The number of rotatable bonds is 3. The third-order valence-corrected chi connectivity index (χ3v) is 5.73. The lowest BCUT2D eigenvalue weighted by molar-refractivity contribution is -0.0258. The second-order valence-electron chi connectivity index (χ2n) is 7.78. The van der Waals surface area contributed by atoms with Gasteiger partial charge < -0.3 is 14.6 Å². The number of carbonyl (C=O) groups excluding carboxylic acids is 1. The maximum atomic E-state index is 13.0. The molecule has 1 aromatic heterocycles. The molecule has 1 unspecified atom stereocenters. The van der Waals surface area contributed by atoms with Crippen molar-refractivity contribution in [3.05, 3.63) is 47.0 Å². The average Bonchev–Trinajstić information content (AvgIpc) is 3.04. The van der Waals surface area contributed by atoms with Crippen molar-refractivity contribution >= 4 is 5.91 Å². The summed E-state index contributed by atoms with van der Waals surface area (Å²) >= 11 is 0. The van der Waals surface area contributed by atoms with Crippen LogP contribution in [0.1, 0.15) is 53.0 Å². The van der Waals surface area contributed by atoms with E-state index in [1.165, 1.54) is 24.0 Å². The highest BCUT2D eigenvalue weighted by Gasteiger charge is 2.37. The zero-order valence-electron chi connectivity index (χ0n) is 15.3. The Morgan fingerprint density at radius 1 is 1.23 bits per heavy atom. The number of hydrogen-bond acceptors (Lipinski definition) is 4. The number of fused-ring (bicyclic) bond motifs is 1. The quantitative estimate of drug-likeness (QED) is 0.914. The van der Waals surface area contributed by atoms with Gasteiger partial charge in [-0.15, -0.1) is 10.2 Å². The predicted molar refractivity (Wildman–Crippen MR) is 97.9 cm³/mol. The molecule has 6 heteroatoms. The first-order chi connectivity index (χ1) is 12.5. The second kappa shape index (κ2) is 6.83. The molecule has 2 aromatic rings. The van der Waals surface area contributed by atoms with Gasteiger partial charge in [0.05, 0.1) is 12.1 Å². The van der Waals surface area contributed by atoms with Crippen LogP contribution in [-0.4, -0.2) is 49.4 Å². The molecule has 2 heterocycles. The summed E-state index contributed by atoms with van der Waals surface area (Å²) in [6.07, 6.45) is 8.14. The fourth-order valence-corrected chi connectivity index (χ4v) is 4.24. The van der Waals surface area contributed by atoms with E-state index in [9.17, 15) is 9.90 Å². The van der Waals surface area contributed by atoms with Crippen LogP contribution in [0.5, 0.6) is 0 Å². The minimum Gasteiger partial charge on any atom is -0.388 e. The number of nitrogens with zero attached hydrogens (tertiary/aromatic N) is 4. The maximum absolute atomic E-state index is 13.0. The smallest absolute Gasteiger partial charge is 0.253 e. The molecule has 0 radical (unpaired) electrons. The first-order valence-corrected chi connectivity index (χ1v) is 9.50. The fourth-order valence-electron chi connectivity index (χ4n) is 4.24. The fraction of sp³-hybridized carbons (Fsp3) is 0.550. The molecule has 1 fully saturated rings. The monoisotopic (exact) mass is 354 g/mol. The first-order valence-electron chi connectivity index (χ1n) is 9.50. The van der Waals surface area contributed by atoms with Gasteiger partial charge in [-0.1, -0.05) is 6.07 Å². The van der Waals surface area contributed by atoms with Crippen LogP contribution in [0.25, 0.3) is 0 Å². The molecular formula is C20H26N4O2. The summed E-state index contributed by atoms with van der Waals surface area (Å²) in [5.41, 5.74) is 2.50. The maximum Gasteiger partial charge on any atom is 0.253 e. The molecule has 0 saturated carbocycles. The predicted octanol–water partition coefficient (Wildman–Crippen LogP) is 1.90. The Labute approximate surface area is 153 Å². The number of aromatic nitrogens is 3. The minimum atomic E-state index is -0.942. The molecule has 6 nitrogen and oxygen atoms in total. The standard InChI is InChI=1S/C20H26N4O2/c1-23-14-21-22-18(23)12-20(26)9-4-10-24(13-20)19(25)17-8-7-15-5-2-3-6-16(15)11-17/h7-8,11,14,26H,2-6,9-10,12-13H2,1H3. The number of amides is 1. The summed E-state index contributed by atoms with van der Waals surface area (Å²) in [4.78, 5) is 14.8. The number of likely N-dealkylation sites (tertiary alicyclic amines) is 1. The molecule has 1 N–H and O–H groups in total. The van der Waals surface area contributed by atoms with Gasteiger partial charge in [-0.05, 0) is 61.8 Å². The number of β-amino-alcohol motifs (C(OH)–C–C–N with tert-alkyl or cyclic N) is 1. The van der Waals surface area contributed by atoms with E-state index in [2.05, 4.69) is 22.3 Å². The molecule has 138 valence electrons. The molecule has 0 bridgehead atoms. The van der Waals surface area contributed by atoms with Gasteiger partial charge >= 0.3 is 0 Å². The number of aliphatic hydroxyl groups is 1. The molecule has 4 rings (SSSR count). The number of piperidine rings is 1. The van der Waals surface area contributed by atoms with E-state index in [1.54, 1.807) is 11.2 Å². The van der Waals surface area contributed by atoms with E-state index >= 15 is 0 Å². The van der Waals surface area contributed by atoms with Crippen LogP contribution in [0.15, 0.2) is 24.5 Å². The number of aryl methyl sites for hydroxylation is 3. The molecule has 1 aliphatic heterocycles. The summed E-state index contributed by atoms with van der Waals surface area (Å²) in [6, 6.07) is 6.12. The molecular weight excluding hydrogens is 328 g/mol. The van der Waals surface area contributed by atoms with Crippen LogP contribution in [-0.2, 0) is 26.3 Å². The Hall–Kier alpha value is -2.21. The third kappa shape index (κ3) is 3.38. The van der Waals surface area contributed by atoms with Crippen LogP contribution in [0.3, 0.4) is 0 Å². The van der Waals surface area contributed by atoms with Gasteiger partial charge in [-0.25, -0.2) is 0 Å². The summed E-state index contributed by atoms with van der Waals surface area (Å²) in [5.74, 6) is 0.769. The largest absolute Gasteiger partial charge is 0.388 e. The van der Waals surface area contributed by atoms with Crippen LogP contribution < -0.4 is 0 Å². The van der Waals surface area contributed by atoms with E-state index < -0.39 is 5.60 Å². The van der Waals surface area contributed by atoms with E-state index in [4.69, 9.17) is 0 Å². The highest BCUT2D eigenvalue weighted by Crippen LogP contribution is 2.27. The molecule has 1 saturated heterocycles. The van der Waals surface area contributed by atoms with Gasteiger partial charge in [0.1, 0.15) is 12.2 Å². The molecule has 1 aliphatic carbocycles. The SMILES string of the molecule is Cn1cnnc1CC1(O)CCCN(C(=O)c2ccc3c(c2)CCCC3)C1. The highest BCUT2D eigenvalue weighted by molar-refractivity contribution is 5.94. The van der Waals surface area contributed by atoms with Crippen LogP contribution in [0, 0.1) is 0 Å². The molecule has 26 heavy (non-hydrogen) atoms. The van der Waals surface area contributed by atoms with E-state index in [1.807, 2.05) is 17.7 Å². The molecule has 1 amide bonds. The van der Waals surface area contributed by atoms with Gasteiger partial charge in [0.25, 0.3) is 5.91 Å². The average molecular weight is 354 g/mol. The van der Waals surface area contributed by atoms with Gasteiger partial charge in [0.15, 0.2) is 0 Å². The van der Waals surface area contributed by atoms with Crippen molar-refractivity contribution in [1.29, 1.82) is 0 Å². The van der Waals surface area contributed by atoms with Crippen molar-refractivity contribution < 1.29 is 9.90 Å². The zero-order valence-corrected chi connectivity index (χ0v) is 15.3. The van der Waals surface area contributed by atoms with Crippen molar-refractivity contribution in [2.75, 3.05) is 13.1 Å². The summed E-state index contributed by atoms with van der Waals surface area (Å²) < 4.78 is 1.82. The lowest BCUT2D eigenvalue weighted by atomic mass is 9.88. The lowest BCUT2D eigenvalue weighted by Gasteiger charge is -2.39. The Balaban J connectivity index is 1.50. The van der Waals surface area contributed by atoms with Gasteiger partial charge in [0, 0.05) is 25.6 Å². The summed E-state index contributed by atoms with van der Waals surface area (Å²) in [7, 11) is 1.87. The topological polar surface area (TPSA) is 71.2 Å². The molecule has 1 atom stereocenters. The van der Waals surface area contributed by atoms with Crippen LogP contribution >= 0.6 is 0 Å². The van der Waals surface area contributed by atoms with E-state index in [0.717, 1.165) is 30.7 Å². The lowest BCUT2D eigenvalue weighted by Crippen LogP contribution is -2.51. The van der Waals surface area contributed by atoms with Gasteiger partial charge in [0.2, 0.25) is 0 Å². The van der Waals surface area contributed by atoms with Crippen molar-refractivity contribution in [3.8, 4) is 0 Å². The summed E-state index contributed by atoms with van der Waals surface area (Å²) in [6.45, 7) is 1.03. The molecule has 0 spiro atoms. The third-order valence-electron chi connectivity index (χ3n) is 5.73. The normalized spacial score (nSPS) is 22.9. The van der Waals surface area contributed by atoms with Crippen molar-refractivity contribution in [3.63, 3.8) is 0 Å². The Kier molecular flexibility index (Phi) is 4.53. The first kappa shape index (κ1) is 17.2. The Bertz CT molecular complexity index is 816. The van der Waals surface area contributed by atoms with Gasteiger partial charge in [-0.3, -0.25) is 4.79 Å². The molecule has 1 aromatic carbocycles. The van der Waals surface area contributed by atoms with Crippen molar-refractivity contribution in [2.45, 2.75) is 50.5 Å². The number of hydrogen-bond donors (Lipinski definition) is 1. The number of carbonyl (C=O) groups is 1. The van der Waals surface area contributed by atoms with Crippen LogP contribution in [0.2, 0.25) is 0 Å². The zero-order chi connectivity index (χ0) is 18.1. The second-order valence-corrected chi connectivity index (χ2v) is 7.78. The summed E-state index contributed by atoms with van der Waals surface area (Å²) in [5, 5.41) is 19.0. The van der Waals surface area contributed by atoms with Crippen LogP contribution in [0.4, 0.5) is 0 Å². The number of benzene rings is 1.